The van der Waals surface area contributed by atoms with E-state index in [9.17, 15) is 9.59 Å². The first-order valence-electron chi connectivity index (χ1n) is 7.38. The van der Waals surface area contributed by atoms with E-state index in [1.165, 1.54) is 14.2 Å². The number of hydrogen-bond donors (Lipinski definition) is 0. The molecular weight excluding hydrogens is 276 g/mol. The van der Waals surface area contributed by atoms with Gasteiger partial charge in [0.2, 0.25) is 0 Å². The molecule has 21 heavy (non-hydrogen) atoms. The van der Waals surface area contributed by atoms with E-state index in [-0.39, 0.29) is 24.0 Å². The SMILES string of the molecule is COC(=O)[C@H]1CCN(C(=O)OC)[C@@H](CN2CCOCC2)C1. The van der Waals surface area contributed by atoms with Crippen molar-refractivity contribution in [3.8, 4) is 0 Å². The molecule has 0 radical (unpaired) electrons. The second kappa shape index (κ2) is 7.61. The van der Waals surface area contributed by atoms with Crippen LogP contribution in [-0.4, -0.2) is 81.5 Å². The Morgan fingerprint density at radius 1 is 1.14 bits per heavy atom. The number of amides is 1. The third-order valence-corrected chi connectivity index (χ3v) is 4.23. The Hall–Kier alpha value is -1.34. The van der Waals surface area contributed by atoms with Gasteiger partial charge in [-0.05, 0) is 12.8 Å². The topological polar surface area (TPSA) is 68.3 Å². The van der Waals surface area contributed by atoms with Crippen molar-refractivity contribution in [2.24, 2.45) is 5.92 Å². The van der Waals surface area contributed by atoms with Gasteiger partial charge >= 0.3 is 12.1 Å². The summed E-state index contributed by atoms with van der Waals surface area (Å²) in [6.07, 6.45) is 0.928. The summed E-state index contributed by atoms with van der Waals surface area (Å²) in [4.78, 5) is 27.7. The average molecular weight is 300 g/mol. The van der Waals surface area contributed by atoms with Gasteiger partial charge in [-0.1, -0.05) is 0 Å². The Morgan fingerprint density at radius 2 is 1.86 bits per heavy atom. The zero-order valence-corrected chi connectivity index (χ0v) is 12.7. The second-order valence-corrected chi connectivity index (χ2v) is 5.47. The van der Waals surface area contributed by atoms with Crippen molar-refractivity contribution in [3.05, 3.63) is 0 Å². The Bertz CT molecular complexity index is 370. The van der Waals surface area contributed by atoms with Gasteiger partial charge in [-0.15, -0.1) is 0 Å². The summed E-state index contributed by atoms with van der Waals surface area (Å²) in [6.45, 7) is 4.41. The zero-order chi connectivity index (χ0) is 15.2. The molecule has 7 heteroatoms. The van der Waals surface area contributed by atoms with Gasteiger partial charge in [-0.3, -0.25) is 9.69 Å². The number of likely N-dealkylation sites (tertiary alicyclic amines) is 1. The lowest BCUT2D eigenvalue weighted by atomic mass is 9.90. The van der Waals surface area contributed by atoms with E-state index < -0.39 is 0 Å². The van der Waals surface area contributed by atoms with Crippen LogP contribution in [0.3, 0.4) is 0 Å². The average Bonchev–Trinajstić information content (AvgIpc) is 2.54. The van der Waals surface area contributed by atoms with Gasteiger partial charge in [0.1, 0.15) is 0 Å². The highest BCUT2D eigenvalue weighted by Crippen LogP contribution is 2.25. The van der Waals surface area contributed by atoms with E-state index in [1.54, 1.807) is 4.90 Å². The predicted molar refractivity (Wildman–Crippen MR) is 74.9 cm³/mol. The van der Waals surface area contributed by atoms with E-state index in [4.69, 9.17) is 14.2 Å². The number of carbonyl (C=O) groups is 2. The molecule has 7 nitrogen and oxygen atoms in total. The Balaban J connectivity index is 2.01. The lowest BCUT2D eigenvalue weighted by molar-refractivity contribution is -0.147. The molecule has 2 fully saturated rings. The molecule has 1 amide bonds. The second-order valence-electron chi connectivity index (χ2n) is 5.47. The first-order valence-corrected chi connectivity index (χ1v) is 7.38. The van der Waals surface area contributed by atoms with Crippen LogP contribution in [0.25, 0.3) is 0 Å². The molecule has 2 rings (SSSR count). The first kappa shape index (κ1) is 16.0. The van der Waals surface area contributed by atoms with E-state index >= 15 is 0 Å². The number of methoxy groups -OCH3 is 2. The van der Waals surface area contributed by atoms with Crippen LogP contribution in [-0.2, 0) is 19.0 Å². The summed E-state index contributed by atoms with van der Waals surface area (Å²) >= 11 is 0. The molecule has 2 aliphatic heterocycles. The highest BCUT2D eigenvalue weighted by atomic mass is 16.5. The van der Waals surface area contributed by atoms with Gasteiger partial charge in [-0.25, -0.2) is 4.79 Å². The van der Waals surface area contributed by atoms with Gasteiger partial charge in [0, 0.05) is 32.2 Å². The molecule has 0 aromatic carbocycles. The van der Waals surface area contributed by atoms with Crippen LogP contribution in [0.15, 0.2) is 0 Å². The normalized spacial score (nSPS) is 27.2. The van der Waals surface area contributed by atoms with Crippen molar-refractivity contribution < 1.29 is 23.8 Å². The minimum absolute atomic E-state index is 0.0200. The minimum atomic E-state index is -0.323. The number of esters is 1. The number of ether oxygens (including phenoxy) is 3. The molecule has 0 aromatic heterocycles. The van der Waals surface area contributed by atoms with E-state index in [1.807, 2.05) is 0 Å². The third-order valence-electron chi connectivity index (χ3n) is 4.23. The van der Waals surface area contributed by atoms with Gasteiger partial charge in [0.05, 0.1) is 33.4 Å². The molecule has 2 aliphatic rings. The standard InChI is InChI=1S/C14H24N2O5/c1-19-13(17)11-3-4-16(14(18)20-2)12(9-11)10-15-5-7-21-8-6-15/h11-12H,3-10H2,1-2H3/t11-,12+/m0/s1. The maximum Gasteiger partial charge on any atom is 0.409 e. The van der Waals surface area contributed by atoms with Crippen molar-refractivity contribution in [2.75, 3.05) is 53.6 Å². The highest BCUT2D eigenvalue weighted by Gasteiger charge is 2.36. The van der Waals surface area contributed by atoms with Crippen LogP contribution in [0.1, 0.15) is 12.8 Å². The monoisotopic (exact) mass is 300 g/mol. The summed E-state index contributed by atoms with van der Waals surface area (Å²) in [7, 11) is 2.80. The number of hydrogen-bond acceptors (Lipinski definition) is 6. The van der Waals surface area contributed by atoms with Crippen LogP contribution in [0.4, 0.5) is 4.79 Å². The summed E-state index contributed by atoms with van der Waals surface area (Å²) in [5.74, 6) is -0.326. The molecule has 0 saturated carbocycles. The minimum Gasteiger partial charge on any atom is -0.469 e. The fraction of sp³-hybridized carbons (Fsp3) is 0.857. The zero-order valence-electron chi connectivity index (χ0n) is 12.7. The van der Waals surface area contributed by atoms with Crippen molar-refractivity contribution in [2.45, 2.75) is 18.9 Å². The Morgan fingerprint density at radius 3 is 2.48 bits per heavy atom. The van der Waals surface area contributed by atoms with Crippen LogP contribution in [0.2, 0.25) is 0 Å². The molecule has 2 atom stereocenters. The predicted octanol–water partition coefficient (Wildman–Crippen LogP) is 0.339. The summed E-state index contributed by atoms with van der Waals surface area (Å²) in [5.41, 5.74) is 0. The molecular formula is C14H24N2O5. The van der Waals surface area contributed by atoms with E-state index in [2.05, 4.69) is 4.90 Å². The van der Waals surface area contributed by atoms with Crippen molar-refractivity contribution in [1.82, 2.24) is 9.80 Å². The maximum atomic E-state index is 11.9. The fourth-order valence-electron chi connectivity index (χ4n) is 3.04. The largest absolute Gasteiger partial charge is 0.469 e. The van der Waals surface area contributed by atoms with E-state index in [0.29, 0.717) is 32.6 Å². The highest BCUT2D eigenvalue weighted by molar-refractivity contribution is 5.73. The molecule has 0 spiro atoms. The Kier molecular flexibility index (Phi) is 5.81. The molecule has 0 bridgehead atoms. The number of piperidine rings is 1. The van der Waals surface area contributed by atoms with Crippen molar-refractivity contribution >= 4 is 12.1 Å². The molecule has 0 aliphatic carbocycles. The third kappa shape index (κ3) is 4.07. The molecule has 120 valence electrons. The van der Waals surface area contributed by atoms with E-state index in [0.717, 1.165) is 19.6 Å². The first-order chi connectivity index (χ1) is 10.2. The lowest BCUT2D eigenvalue weighted by Crippen LogP contribution is -2.53. The maximum absolute atomic E-state index is 11.9. The molecule has 2 heterocycles. The van der Waals surface area contributed by atoms with Crippen LogP contribution in [0.5, 0.6) is 0 Å². The molecule has 0 N–H and O–H groups in total. The van der Waals surface area contributed by atoms with Crippen LogP contribution < -0.4 is 0 Å². The molecule has 0 aromatic rings. The van der Waals surface area contributed by atoms with Gasteiger partial charge in [-0.2, -0.15) is 0 Å². The van der Waals surface area contributed by atoms with Gasteiger partial charge in [0.15, 0.2) is 0 Å². The van der Waals surface area contributed by atoms with Gasteiger partial charge in [0.25, 0.3) is 0 Å². The van der Waals surface area contributed by atoms with Crippen molar-refractivity contribution in [1.29, 1.82) is 0 Å². The van der Waals surface area contributed by atoms with Crippen LogP contribution >= 0.6 is 0 Å². The smallest absolute Gasteiger partial charge is 0.409 e. The van der Waals surface area contributed by atoms with Crippen molar-refractivity contribution in [3.63, 3.8) is 0 Å². The van der Waals surface area contributed by atoms with Crippen LogP contribution in [0, 0.1) is 5.92 Å². The Labute approximate surface area is 125 Å². The number of morpholine rings is 1. The molecule has 0 unspecified atom stereocenters. The summed E-state index contributed by atoms with van der Waals surface area (Å²) in [5, 5.41) is 0. The fourth-order valence-corrected chi connectivity index (χ4v) is 3.04. The number of rotatable bonds is 3. The summed E-state index contributed by atoms with van der Waals surface area (Å²) in [6, 6.07) is -0.0200. The number of carbonyl (C=O) groups excluding carboxylic acids is 2. The quantitative estimate of drug-likeness (QED) is 0.700. The summed E-state index contributed by atoms with van der Waals surface area (Å²) < 4.78 is 15.0. The van der Waals surface area contributed by atoms with Gasteiger partial charge < -0.3 is 19.1 Å². The molecule has 2 saturated heterocycles. The number of nitrogens with zero attached hydrogens (tertiary/aromatic N) is 2. The lowest BCUT2D eigenvalue weighted by Gasteiger charge is -2.40.